The summed E-state index contributed by atoms with van der Waals surface area (Å²) >= 11 is 0. The van der Waals surface area contributed by atoms with Gasteiger partial charge in [0.1, 0.15) is 0 Å². The zero-order valence-electron chi connectivity index (χ0n) is 29.8. The Balaban J connectivity index is 1.28. The number of halogens is 5. The van der Waals surface area contributed by atoms with Gasteiger partial charge < -0.3 is 4.90 Å². The summed E-state index contributed by atoms with van der Waals surface area (Å²) in [6.45, 7) is 4.26. The molecule has 0 aliphatic heterocycles. The molecule has 0 radical (unpaired) electrons. The number of nitrogens with zero attached hydrogens (tertiary/aromatic N) is 1. The molecule has 0 N–H and O–H groups in total. The quantitative estimate of drug-likeness (QED) is 0.0936. The van der Waals surface area contributed by atoms with Crippen molar-refractivity contribution < 1.29 is 22.0 Å². The van der Waals surface area contributed by atoms with Crippen LogP contribution in [0.25, 0.3) is 55.3 Å². The molecule has 1 nitrogen and oxygen atoms in total. The van der Waals surface area contributed by atoms with Crippen molar-refractivity contribution >= 4 is 27.8 Å². The highest BCUT2D eigenvalue weighted by Crippen LogP contribution is 2.55. The third-order valence-electron chi connectivity index (χ3n) is 10.8. The van der Waals surface area contributed by atoms with Gasteiger partial charge in [0, 0.05) is 16.7 Å². The molecule has 0 saturated carbocycles. The number of fused-ring (bicyclic) bond motifs is 4. The second-order valence-corrected chi connectivity index (χ2v) is 14.3. The first-order valence-electron chi connectivity index (χ1n) is 18.0. The fraction of sp³-hybridized carbons (Fsp3) is 0.0612. The highest BCUT2D eigenvalue weighted by atomic mass is 19.2. The zero-order chi connectivity index (χ0) is 38.0. The van der Waals surface area contributed by atoms with Crippen LogP contribution in [0.1, 0.15) is 25.0 Å². The monoisotopic (exact) mass is 729 g/mol. The smallest absolute Gasteiger partial charge is 0.200 e. The van der Waals surface area contributed by atoms with Gasteiger partial charge in [-0.15, -0.1) is 0 Å². The Kier molecular flexibility index (Phi) is 8.16. The van der Waals surface area contributed by atoms with Gasteiger partial charge in [0.2, 0.25) is 5.82 Å². The molecule has 6 heteroatoms. The van der Waals surface area contributed by atoms with Gasteiger partial charge in [0.15, 0.2) is 23.3 Å². The molecule has 0 heterocycles. The van der Waals surface area contributed by atoms with Crippen molar-refractivity contribution in [2.45, 2.75) is 19.3 Å². The minimum Gasteiger partial charge on any atom is -0.310 e. The summed E-state index contributed by atoms with van der Waals surface area (Å²) in [5.74, 6) is -9.98. The Morgan fingerprint density at radius 2 is 0.891 bits per heavy atom. The lowest BCUT2D eigenvalue weighted by atomic mass is 9.81. The molecule has 1 aliphatic carbocycles. The van der Waals surface area contributed by atoms with E-state index < -0.39 is 40.1 Å². The molecular weight excluding hydrogens is 698 g/mol. The van der Waals surface area contributed by atoms with Crippen molar-refractivity contribution in [1.29, 1.82) is 0 Å². The summed E-state index contributed by atoms with van der Waals surface area (Å²) in [6, 6.07) is 50.9. The Hall–Kier alpha value is -6.53. The zero-order valence-corrected chi connectivity index (χ0v) is 29.8. The highest BCUT2D eigenvalue weighted by Gasteiger charge is 2.39. The standard InChI is InChI=1S/C49H32F5N/c1-49(2)38-22-8-6-17-35(38)36-21-12-24-40(43(36)49)55(39-23-9-7-18-37(39)42-44(50)46(52)48(54)47(53)45(42)51)32-27-25-30(26-28-32)34-20-11-16-31-15-10-19-33(41(31)34)29-13-4-3-5-14-29/h3-28H,1-2H3. The van der Waals surface area contributed by atoms with Crippen molar-refractivity contribution in [1.82, 2.24) is 0 Å². The summed E-state index contributed by atoms with van der Waals surface area (Å²) in [4.78, 5) is 1.86. The van der Waals surface area contributed by atoms with Crippen LogP contribution in [-0.4, -0.2) is 0 Å². The van der Waals surface area contributed by atoms with Gasteiger partial charge in [0.05, 0.1) is 16.9 Å². The van der Waals surface area contributed by atoms with E-state index in [0.717, 1.165) is 55.3 Å². The summed E-state index contributed by atoms with van der Waals surface area (Å²) in [5.41, 5.74) is 8.24. The van der Waals surface area contributed by atoms with Crippen LogP contribution in [0, 0.1) is 29.1 Å². The van der Waals surface area contributed by atoms with Gasteiger partial charge in [-0.05, 0) is 79.5 Å². The maximum absolute atomic E-state index is 15.6. The van der Waals surface area contributed by atoms with E-state index in [1.165, 1.54) is 12.1 Å². The number of benzene rings is 8. The average molecular weight is 730 g/mol. The molecule has 0 unspecified atom stereocenters. The SMILES string of the molecule is CC1(C)c2ccccc2-c2cccc(N(c3ccc(-c4cccc5cccc(-c6ccccc6)c45)cc3)c3ccccc3-c3c(F)c(F)c(F)c(F)c3F)c21. The van der Waals surface area contributed by atoms with Gasteiger partial charge in [-0.2, -0.15) is 0 Å². The molecule has 0 spiro atoms. The molecule has 1 aliphatic rings. The lowest BCUT2D eigenvalue weighted by Crippen LogP contribution is -2.21. The summed E-state index contributed by atoms with van der Waals surface area (Å²) in [6.07, 6.45) is 0. The predicted octanol–water partition coefficient (Wildman–Crippen LogP) is 14.3. The molecule has 9 rings (SSSR count). The number of hydrogen-bond acceptors (Lipinski definition) is 1. The van der Waals surface area contributed by atoms with E-state index in [-0.39, 0.29) is 11.3 Å². The molecular formula is C49H32F5N. The average Bonchev–Trinajstić information content (AvgIpc) is 3.46. The first kappa shape index (κ1) is 34.3. The van der Waals surface area contributed by atoms with Crippen LogP contribution >= 0.6 is 0 Å². The molecule has 0 amide bonds. The number of rotatable bonds is 6. The third-order valence-corrected chi connectivity index (χ3v) is 10.8. The maximum atomic E-state index is 15.6. The van der Waals surface area contributed by atoms with Gasteiger partial charge in [-0.1, -0.05) is 147 Å². The summed E-state index contributed by atoms with van der Waals surface area (Å²) < 4.78 is 75.2. The lowest BCUT2D eigenvalue weighted by Gasteiger charge is -2.33. The Bertz CT molecular complexity index is 2760. The lowest BCUT2D eigenvalue weighted by molar-refractivity contribution is 0.381. The van der Waals surface area contributed by atoms with Gasteiger partial charge in [-0.3, -0.25) is 0 Å². The van der Waals surface area contributed by atoms with Crippen LogP contribution in [0.5, 0.6) is 0 Å². The topological polar surface area (TPSA) is 3.24 Å². The molecule has 0 bridgehead atoms. The fourth-order valence-electron chi connectivity index (χ4n) is 8.36. The van der Waals surface area contributed by atoms with E-state index in [1.807, 2.05) is 77.7 Å². The predicted molar refractivity (Wildman–Crippen MR) is 212 cm³/mol. The van der Waals surface area contributed by atoms with E-state index in [0.29, 0.717) is 11.4 Å². The minimum absolute atomic E-state index is 0.146. The Morgan fingerprint density at radius 1 is 0.400 bits per heavy atom. The summed E-state index contributed by atoms with van der Waals surface area (Å²) in [5, 5.41) is 2.18. The molecule has 8 aromatic rings. The number of para-hydroxylation sites is 1. The fourth-order valence-corrected chi connectivity index (χ4v) is 8.36. The van der Waals surface area contributed by atoms with Crippen LogP contribution in [-0.2, 0) is 5.41 Å². The Labute approximate surface area is 315 Å². The second kappa shape index (κ2) is 13.1. The molecule has 0 atom stereocenters. The van der Waals surface area contributed by atoms with Gasteiger partial charge in [0.25, 0.3) is 0 Å². The largest absolute Gasteiger partial charge is 0.310 e. The maximum Gasteiger partial charge on any atom is 0.200 e. The second-order valence-electron chi connectivity index (χ2n) is 14.3. The van der Waals surface area contributed by atoms with Crippen molar-refractivity contribution in [3.8, 4) is 44.5 Å². The van der Waals surface area contributed by atoms with Crippen molar-refractivity contribution in [3.05, 3.63) is 198 Å². The van der Waals surface area contributed by atoms with Crippen molar-refractivity contribution in [2.24, 2.45) is 0 Å². The number of hydrogen-bond donors (Lipinski definition) is 0. The van der Waals surface area contributed by atoms with E-state index in [4.69, 9.17) is 0 Å². The minimum atomic E-state index is -2.20. The summed E-state index contributed by atoms with van der Waals surface area (Å²) in [7, 11) is 0. The first-order chi connectivity index (χ1) is 26.7. The van der Waals surface area contributed by atoms with E-state index in [9.17, 15) is 13.2 Å². The number of anilines is 3. The van der Waals surface area contributed by atoms with E-state index >= 15 is 8.78 Å². The van der Waals surface area contributed by atoms with Crippen LogP contribution < -0.4 is 4.90 Å². The van der Waals surface area contributed by atoms with Gasteiger partial charge >= 0.3 is 0 Å². The molecule has 268 valence electrons. The van der Waals surface area contributed by atoms with Gasteiger partial charge in [-0.25, -0.2) is 22.0 Å². The molecule has 55 heavy (non-hydrogen) atoms. The van der Waals surface area contributed by atoms with Crippen LogP contribution in [0.15, 0.2) is 158 Å². The highest BCUT2D eigenvalue weighted by molar-refractivity contribution is 6.06. The van der Waals surface area contributed by atoms with Crippen molar-refractivity contribution in [3.63, 3.8) is 0 Å². The third kappa shape index (κ3) is 5.35. The van der Waals surface area contributed by atoms with E-state index in [2.05, 4.69) is 74.5 Å². The first-order valence-corrected chi connectivity index (χ1v) is 18.0. The Morgan fingerprint density at radius 3 is 1.56 bits per heavy atom. The van der Waals surface area contributed by atoms with Crippen LogP contribution in [0.3, 0.4) is 0 Å². The van der Waals surface area contributed by atoms with Crippen LogP contribution in [0.4, 0.5) is 39.0 Å². The van der Waals surface area contributed by atoms with Crippen LogP contribution in [0.2, 0.25) is 0 Å². The normalized spacial score (nSPS) is 12.8. The molecule has 8 aromatic carbocycles. The molecule has 0 saturated heterocycles. The van der Waals surface area contributed by atoms with Crippen molar-refractivity contribution in [2.75, 3.05) is 4.90 Å². The molecule has 0 fully saturated rings. The molecule has 0 aromatic heterocycles. The van der Waals surface area contributed by atoms with E-state index in [1.54, 1.807) is 12.1 Å².